The van der Waals surface area contributed by atoms with Gasteiger partial charge in [0.25, 0.3) is 0 Å². The Kier molecular flexibility index (Phi) is 3.30. The number of hydrogen-bond acceptors (Lipinski definition) is 7. The molecule has 0 saturated heterocycles. The maximum absolute atomic E-state index is 13.7. The van der Waals surface area contributed by atoms with Crippen LogP contribution in [0.5, 0.6) is 5.88 Å². The van der Waals surface area contributed by atoms with E-state index in [1.165, 1.54) is 6.92 Å². The molecule has 0 bridgehead atoms. The van der Waals surface area contributed by atoms with E-state index in [9.17, 15) is 20.0 Å². The Hall–Kier alpha value is -3.80. The van der Waals surface area contributed by atoms with Crippen molar-refractivity contribution in [1.82, 2.24) is 10.2 Å². The average molecular weight is 364 g/mol. The summed E-state index contributed by atoms with van der Waals surface area (Å²) in [5.74, 6) is -2.20. The number of carboxylic acid groups (broad SMARTS) is 1. The molecule has 3 N–H and O–H groups in total. The Bertz CT molecular complexity index is 1080. The summed E-state index contributed by atoms with van der Waals surface area (Å²) in [5.41, 5.74) is 5.88. The van der Waals surface area contributed by atoms with Gasteiger partial charge in [0, 0.05) is 16.9 Å². The summed E-state index contributed by atoms with van der Waals surface area (Å²) >= 11 is 0. The molecule has 1 aromatic heterocycles. The number of benzene rings is 1. The lowest BCUT2D eigenvalue weighted by Gasteiger charge is -2.33. The number of nitrogens with one attached hydrogen (secondary N) is 1. The van der Waals surface area contributed by atoms with Gasteiger partial charge in [-0.3, -0.25) is 9.89 Å². The molecular weight excluding hydrogens is 350 g/mol. The summed E-state index contributed by atoms with van der Waals surface area (Å²) in [6.07, 6.45) is 0. The van der Waals surface area contributed by atoms with Crippen molar-refractivity contribution in [2.24, 2.45) is 5.73 Å². The van der Waals surface area contributed by atoms with Gasteiger partial charge in [0.15, 0.2) is 0 Å². The van der Waals surface area contributed by atoms with Gasteiger partial charge in [-0.05, 0) is 19.9 Å². The normalized spacial score (nSPS) is 21.5. The largest absolute Gasteiger partial charge is 0.548 e. The first-order valence-corrected chi connectivity index (χ1v) is 8.13. The minimum atomic E-state index is -1.64. The summed E-state index contributed by atoms with van der Waals surface area (Å²) in [6, 6.07) is 7.41. The van der Waals surface area contributed by atoms with E-state index >= 15 is 0 Å². The van der Waals surface area contributed by atoms with Crippen LogP contribution in [-0.4, -0.2) is 28.1 Å². The fourth-order valence-electron chi connectivity index (χ4n) is 3.91. The molecular formula is C18H14N5O4-. The molecule has 1 amide bonds. The van der Waals surface area contributed by atoms with Gasteiger partial charge in [0.05, 0.1) is 17.6 Å². The Balaban J connectivity index is 2.14. The van der Waals surface area contributed by atoms with Crippen molar-refractivity contribution in [2.75, 3.05) is 4.90 Å². The van der Waals surface area contributed by atoms with Crippen molar-refractivity contribution >= 4 is 17.6 Å². The summed E-state index contributed by atoms with van der Waals surface area (Å²) in [4.78, 5) is 26.4. The monoisotopic (exact) mass is 364 g/mol. The van der Waals surface area contributed by atoms with E-state index in [0.29, 0.717) is 22.5 Å². The molecule has 0 fully saturated rings. The lowest BCUT2D eigenvalue weighted by molar-refractivity contribution is -0.307. The third kappa shape index (κ3) is 1.84. The highest BCUT2D eigenvalue weighted by Gasteiger charge is 2.61. The number of rotatable bonds is 2. The Labute approximate surface area is 153 Å². The molecule has 2 aromatic rings. The van der Waals surface area contributed by atoms with E-state index in [1.54, 1.807) is 31.2 Å². The number of nitriles is 1. The van der Waals surface area contributed by atoms with Crippen molar-refractivity contribution in [3.63, 3.8) is 0 Å². The highest BCUT2D eigenvalue weighted by atomic mass is 16.5. The third-order valence-corrected chi connectivity index (χ3v) is 5.06. The van der Waals surface area contributed by atoms with E-state index in [4.69, 9.17) is 10.5 Å². The second-order valence-corrected chi connectivity index (χ2v) is 6.42. The van der Waals surface area contributed by atoms with Crippen LogP contribution < -0.4 is 20.5 Å². The molecule has 3 heterocycles. The number of carbonyl (C=O) groups is 2. The van der Waals surface area contributed by atoms with Crippen molar-refractivity contribution < 1.29 is 19.4 Å². The summed E-state index contributed by atoms with van der Waals surface area (Å²) in [6.45, 7) is 3.04. The van der Waals surface area contributed by atoms with E-state index < -0.39 is 23.3 Å². The van der Waals surface area contributed by atoms with Crippen LogP contribution in [0, 0.1) is 18.3 Å². The molecule has 2 aliphatic heterocycles. The number of nitrogens with zero attached hydrogens (tertiary/aromatic N) is 3. The smallest absolute Gasteiger partial charge is 0.248 e. The van der Waals surface area contributed by atoms with Gasteiger partial charge in [-0.2, -0.15) is 5.26 Å². The zero-order valence-corrected chi connectivity index (χ0v) is 14.4. The Morgan fingerprint density at radius 1 is 1.48 bits per heavy atom. The molecule has 1 spiro atoms. The number of hydrogen-bond donors (Lipinski definition) is 2. The number of carboxylic acids is 1. The number of nitrogens with two attached hydrogens (primary N) is 1. The number of ether oxygens (including phenoxy) is 1. The van der Waals surface area contributed by atoms with Crippen LogP contribution in [0.15, 0.2) is 35.7 Å². The Morgan fingerprint density at radius 2 is 2.19 bits per heavy atom. The minimum absolute atomic E-state index is 0.0788. The molecule has 27 heavy (non-hydrogen) atoms. The fourth-order valence-corrected chi connectivity index (χ4v) is 3.91. The number of anilines is 1. The lowest BCUT2D eigenvalue weighted by atomic mass is 9.69. The quantitative estimate of drug-likeness (QED) is 0.735. The van der Waals surface area contributed by atoms with Crippen molar-refractivity contribution in [3.05, 3.63) is 52.5 Å². The Morgan fingerprint density at radius 3 is 2.85 bits per heavy atom. The summed E-state index contributed by atoms with van der Waals surface area (Å²) in [7, 11) is 0. The average Bonchev–Trinajstić information content (AvgIpc) is 3.12. The van der Waals surface area contributed by atoms with Gasteiger partial charge in [-0.1, -0.05) is 18.2 Å². The molecule has 9 heteroatoms. The van der Waals surface area contributed by atoms with Gasteiger partial charge in [-0.25, -0.2) is 0 Å². The summed E-state index contributed by atoms with van der Waals surface area (Å²) < 4.78 is 5.44. The first kappa shape index (κ1) is 16.7. The first-order valence-electron chi connectivity index (χ1n) is 8.13. The maximum Gasteiger partial charge on any atom is 0.248 e. The fraction of sp³-hybridized carbons (Fsp3) is 0.222. The second kappa shape index (κ2) is 5.35. The van der Waals surface area contributed by atoms with Crippen LogP contribution in [-0.2, 0) is 15.0 Å². The SMILES string of the molecule is Cc1[nH]nc2c1[C@@]1(C(=O)N([C@H](C)C(=O)[O-])c3ccccc31)C(C#N)=C(N)O2. The van der Waals surface area contributed by atoms with Crippen LogP contribution in [0.1, 0.15) is 23.7 Å². The lowest BCUT2D eigenvalue weighted by Crippen LogP contribution is -2.53. The highest BCUT2D eigenvalue weighted by Crippen LogP contribution is 2.55. The van der Waals surface area contributed by atoms with Gasteiger partial charge >= 0.3 is 0 Å². The van der Waals surface area contributed by atoms with Gasteiger partial charge in [0.2, 0.25) is 17.7 Å². The topological polar surface area (TPSA) is 148 Å². The van der Waals surface area contributed by atoms with Crippen molar-refractivity contribution in [3.8, 4) is 11.9 Å². The zero-order valence-electron chi connectivity index (χ0n) is 14.4. The van der Waals surface area contributed by atoms with Gasteiger partial charge in [0.1, 0.15) is 17.1 Å². The van der Waals surface area contributed by atoms with E-state index in [-0.39, 0.29) is 17.3 Å². The molecule has 9 nitrogen and oxygen atoms in total. The van der Waals surface area contributed by atoms with E-state index in [2.05, 4.69) is 10.2 Å². The molecule has 136 valence electrons. The van der Waals surface area contributed by atoms with Gasteiger partial charge < -0.3 is 25.3 Å². The van der Waals surface area contributed by atoms with Crippen molar-refractivity contribution in [1.29, 1.82) is 5.26 Å². The van der Waals surface area contributed by atoms with E-state index in [1.807, 2.05) is 6.07 Å². The molecule has 0 saturated carbocycles. The predicted molar refractivity (Wildman–Crippen MR) is 90.0 cm³/mol. The van der Waals surface area contributed by atoms with E-state index in [0.717, 1.165) is 4.90 Å². The number of aromatic nitrogens is 2. The molecule has 1 aromatic carbocycles. The number of para-hydroxylation sites is 1. The number of H-pyrrole nitrogens is 1. The van der Waals surface area contributed by atoms with Crippen LogP contribution in [0.4, 0.5) is 5.69 Å². The summed E-state index contributed by atoms with van der Waals surface area (Å²) in [5, 5.41) is 28.1. The predicted octanol–water partition coefficient (Wildman–Crippen LogP) is -0.425. The van der Waals surface area contributed by atoms with Crippen LogP contribution >= 0.6 is 0 Å². The number of aromatic amines is 1. The second-order valence-electron chi connectivity index (χ2n) is 6.42. The standard InChI is InChI=1S/C18H15N5O4/c1-8-13-15(22-21-8)27-14(20)11(7-19)18(13)10-5-3-4-6-12(10)23(17(18)26)9(2)16(24)25/h3-6,9H,20H2,1-2H3,(H,21,22)(H,24,25)/p-1/t9-,18+/m1/s1. The third-order valence-electron chi connectivity index (χ3n) is 5.06. The number of amides is 1. The van der Waals surface area contributed by atoms with Crippen LogP contribution in [0.2, 0.25) is 0 Å². The molecule has 0 radical (unpaired) electrons. The maximum atomic E-state index is 13.7. The number of fused-ring (bicyclic) bond motifs is 4. The number of aryl methyl sites for hydroxylation is 1. The van der Waals surface area contributed by atoms with Crippen molar-refractivity contribution in [2.45, 2.75) is 25.3 Å². The molecule has 4 rings (SSSR count). The number of aliphatic carboxylic acids is 1. The highest BCUT2D eigenvalue weighted by molar-refractivity contribution is 6.16. The van der Waals surface area contributed by atoms with Gasteiger partial charge in [-0.15, -0.1) is 5.10 Å². The molecule has 0 unspecified atom stereocenters. The first-order chi connectivity index (χ1) is 12.9. The zero-order chi connectivity index (χ0) is 19.5. The molecule has 2 aliphatic rings. The molecule has 0 aliphatic carbocycles. The van der Waals surface area contributed by atoms with Crippen LogP contribution in [0.25, 0.3) is 0 Å². The number of carbonyl (C=O) groups excluding carboxylic acids is 2. The van der Waals surface area contributed by atoms with Crippen LogP contribution in [0.3, 0.4) is 0 Å². The molecule has 2 atom stereocenters. The minimum Gasteiger partial charge on any atom is -0.548 e.